The Bertz CT molecular complexity index is 879. The molecule has 0 bridgehead atoms. The summed E-state index contributed by atoms with van der Waals surface area (Å²) in [6.45, 7) is 10.7. The molecule has 366 valence electrons. The molecule has 0 amide bonds. The molecule has 0 saturated carbocycles. The monoisotopic (exact) mass is 871 g/mol. The highest BCUT2D eigenvalue weighted by Gasteiger charge is 2.07. The van der Waals surface area contributed by atoms with Crippen LogP contribution < -0.4 is 0 Å². The molecule has 0 aromatic carbocycles. The summed E-state index contributed by atoms with van der Waals surface area (Å²) in [6, 6.07) is 0. The molecule has 0 aliphatic carbocycles. The molecule has 4 nitrogen and oxygen atoms in total. The van der Waals surface area contributed by atoms with Gasteiger partial charge in [0.2, 0.25) is 0 Å². The molecular weight excluding hydrogens is 761 g/mol. The average Bonchev–Trinajstić information content (AvgIpc) is 3.26. The van der Waals surface area contributed by atoms with Gasteiger partial charge in [0.15, 0.2) is 0 Å². The van der Waals surface area contributed by atoms with Crippen molar-refractivity contribution in [2.75, 3.05) is 13.2 Å². The molecular formula is C58H110O4. The fourth-order valence-corrected chi connectivity index (χ4v) is 8.72. The molecule has 0 heterocycles. The second-order valence-corrected chi connectivity index (χ2v) is 19.7. The molecule has 0 fully saturated rings. The maximum atomic E-state index is 12.1. The van der Waals surface area contributed by atoms with E-state index in [0.717, 1.165) is 50.4 Å². The Morgan fingerprint density at radius 2 is 0.565 bits per heavy atom. The minimum Gasteiger partial charge on any atom is -0.466 e. The molecule has 0 aromatic heterocycles. The lowest BCUT2D eigenvalue weighted by atomic mass is 9.93. The van der Waals surface area contributed by atoms with Gasteiger partial charge in [-0.15, -0.1) is 0 Å². The third-order valence-corrected chi connectivity index (χ3v) is 13.1. The maximum Gasteiger partial charge on any atom is 0.305 e. The van der Waals surface area contributed by atoms with E-state index in [1.54, 1.807) is 0 Å². The van der Waals surface area contributed by atoms with E-state index in [-0.39, 0.29) is 11.9 Å². The van der Waals surface area contributed by atoms with Gasteiger partial charge in [0.1, 0.15) is 0 Å². The first-order chi connectivity index (χ1) is 30.5. The summed E-state index contributed by atoms with van der Waals surface area (Å²) in [5, 5.41) is 0. The fourth-order valence-electron chi connectivity index (χ4n) is 8.72. The third-order valence-electron chi connectivity index (χ3n) is 13.1. The van der Waals surface area contributed by atoms with E-state index >= 15 is 0 Å². The zero-order chi connectivity index (χ0) is 45.1. The van der Waals surface area contributed by atoms with Crippen molar-refractivity contribution in [2.45, 2.75) is 310 Å². The van der Waals surface area contributed by atoms with Crippen LogP contribution in [0.15, 0.2) is 24.3 Å². The second kappa shape index (κ2) is 52.0. The zero-order valence-electron chi connectivity index (χ0n) is 42.6. The Morgan fingerprint density at radius 3 is 0.887 bits per heavy atom. The number of rotatable bonds is 51. The van der Waals surface area contributed by atoms with Crippen molar-refractivity contribution >= 4 is 11.9 Å². The van der Waals surface area contributed by atoms with Crippen molar-refractivity contribution in [3.05, 3.63) is 24.3 Å². The first-order valence-corrected chi connectivity index (χ1v) is 28.1. The van der Waals surface area contributed by atoms with Crippen molar-refractivity contribution in [3.63, 3.8) is 0 Å². The molecule has 0 saturated heterocycles. The van der Waals surface area contributed by atoms with Crippen LogP contribution in [0.25, 0.3) is 0 Å². The average molecular weight is 872 g/mol. The van der Waals surface area contributed by atoms with Gasteiger partial charge in [-0.05, 0) is 88.9 Å². The highest BCUT2D eigenvalue weighted by atomic mass is 16.5. The summed E-state index contributed by atoms with van der Waals surface area (Å²) in [7, 11) is 0. The van der Waals surface area contributed by atoms with Crippen LogP contribution in [-0.2, 0) is 19.1 Å². The number of carbonyl (C=O) groups excluding carboxylic acids is 2. The molecule has 2 atom stereocenters. The van der Waals surface area contributed by atoms with Gasteiger partial charge in [-0.25, -0.2) is 0 Å². The van der Waals surface area contributed by atoms with Crippen molar-refractivity contribution in [3.8, 4) is 0 Å². The van der Waals surface area contributed by atoms with Gasteiger partial charge in [-0.3, -0.25) is 9.59 Å². The van der Waals surface area contributed by atoms with Gasteiger partial charge in [0.25, 0.3) is 0 Å². The Kier molecular flexibility index (Phi) is 50.7. The number of hydrogen-bond acceptors (Lipinski definition) is 4. The van der Waals surface area contributed by atoms with E-state index in [9.17, 15) is 9.59 Å². The van der Waals surface area contributed by atoms with Crippen LogP contribution >= 0.6 is 0 Å². The quantitative estimate of drug-likeness (QED) is 0.0347. The van der Waals surface area contributed by atoms with Crippen LogP contribution in [0.4, 0.5) is 0 Å². The van der Waals surface area contributed by atoms with E-state index < -0.39 is 0 Å². The SMILES string of the molecule is CCCCCCCC/C=C\CCCCCCCC(=O)OCCCCCCCC(C)CCCCC(C)CCCCCCCOC(=O)CCCCCCC/C=C\CCCCCCCC. The van der Waals surface area contributed by atoms with E-state index in [1.165, 1.54) is 231 Å². The van der Waals surface area contributed by atoms with E-state index in [4.69, 9.17) is 9.47 Å². The van der Waals surface area contributed by atoms with Crippen LogP contribution in [0.3, 0.4) is 0 Å². The number of esters is 2. The molecule has 0 rings (SSSR count). The predicted molar refractivity (Wildman–Crippen MR) is 273 cm³/mol. The van der Waals surface area contributed by atoms with Crippen molar-refractivity contribution < 1.29 is 19.1 Å². The van der Waals surface area contributed by atoms with Gasteiger partial charge in [0.05, 0.1) is 13.2 Å². The minimum atomic E-state index is 0.00707. The molecule has 0 radical (unpaired) electrons. The van der Waals surface area contributed by atoms with Gasteiger partial charge in [0, 0.05) is 12.8 Å². The lowest BCUT2D eigenvalue weighted by Gasteiger charge is -2.14. The highest BCUT2D eigenvalue weighted by molar-refractivity contribution is 5.69. The van der Waals surface area contributed by atoms with Crippen LogP contribution in [0.2, 0.25) is 0 Å². The summed E-state index contributed by atoms with van der Waals surface area (Å²) in [6.07, 6.45) is 64.5. The van der Waals surface area contributed by atoms with E-state index in [0.29, 0.717) is 26.1 Å². The van der Waals surface area contributed by atoms with Crippen LogP contribution in [-0.4, -0.2) is 25.2 Å². The number of hydrogen-bond donors (Lipinski definition) is 0. The topological polar surface area (TPSA) is 52.6 Å². The van der Waals surface area contributed by atoms with E-state index in [1.807, 2.05) is 0 Å². The first-order valence-electron chi connectivity index (χ1n) is 28.1. The van der Waals surface area contributed by atoms with Crippen LogP contribution in [0.5, 0.6) is 0 Å². The van der Waals surface area contributed by atoms with Crippen molar-refractivity contribution in [1.82, 2.24) is 0 Å². The van der Waals surface area contributed by atoms with E-state index in [2.05, 4.69) is 52.0 Å². The van der Waals surface area contributed by atoms with Crippen molar-refractivity contribution in [2.24, 2.45) is 11.8 Å². The Morgan fingerprint density at radius 1 is 0.323 bits per heavy atom. The fraction of sp³-hybridized carbons (Fsp3) is 0.897. The molecule has 62 heavy (non-hydrogen) atoms. The minimum absolute atomic E-state index is 0.00707. The van der Waals surface area contributed by atoms with Crippen LogP contribution in [0.1, 0.15) is 310 Å². The number of unbranched alkanes of at least 4 members (excludes halogenated alkanes) is 31. The molecule has 0 spiro atoms. The summed E-state index contributed by atoms with van der Waals surface area (Å²) < 4.78 is 11.0. The van der Waals surface area contributed by atoms with Gasteiger partial charge >= 0.3 is 11.9 Å². The molecule has 2 unspecified atom stereocenters. The molecule has 0 aromatic rings. The smallest absolute Gasteiger partial charge is 0.305 e. The summed E-state index contributed by atoms with van der Waals surface area (Å²) in [5.74, 6) is 1.70. The Hall–Kier alpha value is -1.58. The lowest BCUT2D eigenvalue weighted by molar-refractivity contribution is -0.144. The largest absolute Gasteiger partial charge is 0.466 e. The Balaban J connectivity index is 3.39. The van der Waals surface area contributed by atoms with Gasteiger partial charge < -0.3 is 9.47 Å². The van der Waals surface area contributed by atoms with Gasteiger partial charge in [-0.1, -0.05) is 245 Å². The second-order valence-electron chi connectivity index (χ2n) is 19.7. The normalized spacial score (nSPS) is 12.8. The summed E-state index contributed by atoms with van der Waals surface area (Å²) in [4.78, 5) is 24.2. The molecule has 0 N–H and O–H groups in total. The summed E-state index contributed by atoms with van der Waals surface area (Å²) in [5.41, 5.74) is 0. The lowest BCUT2D eigenvalue weighted by Crippen LogP contribution is -2.05. The number of ether oxygens (including phenoxy) is 2. The Labute approximate surface area is 389 Å². The molecule has 0 aliphatic heterocycles. The summed E-state index contributed by atoms with van der Waals surface area (Å²) >= 11 is 0. The third kappa shape index (κ3) is 51.1. The highest BCUT2D eigenvalue weighted by Crippen LogP contribution is 2.22. The first kappa shape index (κ1) is 60.4. The number of carbonyl (C=O) groups is 2. The maximum absolute atomic E-state index is 12.1. The van der Waals surface area contributed by atoms with Crippen molar-refractivity contribution in [1.29, 1.82) is 0 Å². The number of allylic oxidation sites excluding steroid dienone is 4. The van der Waals surface area contributed by atoms with Gasteiger partial charge in [-0.2, -0.15) is 0 Å². The van der Waals surface area contributed by atoms with Crippen LogP contribution in [0, 0.1) is 11.8 Å². The molecule has 0 aliphatic rings. The standard InChI is InChI=1S/C58H110O4/c1-5-7-9-11-13-15-17-19-21-23-25-27-29-35-41-51-57(59)61-53-45-37-31-33-39-47-55(3)49-43-44-50-56(4)48-40-34-32-38-46-54-62-58(60)52-42-36-30-28-26-24-22-20-18-16-14-12-10-8-6-2/h19-22,55-56H,5-18,23-54H2,1-4H3/b21-19-,22-20-. The molecule has 4 heteroatoms. The predicted octanol–water partition coefficient (Wildman–Crippen LogP) is 19.7. The zero-order valence-corrected chi connectivity index (χ0v) is 42.6.